The molecule has 7 heteroatoms. The van der Waals surface area contributed by atoms with E-state index in [4.69, 9.17) is 15.2 Å². The topological polar surface area (TPSA) is 103 Å². The molecule has 0 atom stereocenters. The molecular weight excluding hydrogens is 298 g/mol. The van der Waals surface area contributed by atoms with Gasteiger partial charge in [0.15, 0.2) is 0 Å². The maximum atomic E-state index is 11.8. The number of alkyl carbamates (subject to hydrolysis) is 1. The predicted molar refractivity (Wildman–Crippen MR) is 90.6 cm³/mol. The fraction of sp³-hybridized carbons (Fsp3) is 0.812. The molecule has 0 saturated carbocycles. The van der Waals surface area contributed by atoms with Crippen LogP contribution in [0.2, 0.25) is 0 Å². The van der Waals surface area contributed by atoms with Gasteiger partial charge in [-0.3, -0.25) is 5.32 Å². The van der Waals surface area contributed by atoms with Crippen molar-refractivity contribution >= 4 is 18.0 Å². The molecule has 0 heterocycles. The third-order valence-corrected chi connectivity index (χ3v) is 2.38. The first-order valence-corrected chi connectivity index (χ1v) is 7.93. The highest BCUT2D eigenvalue weighted by Gasteiger charge is 2.20. The van der Waals surface area contributed by atoms with Gasteiger partial charge in [0.1, 0.15) is 17.0 Å². The van der Waals surface area contributed by atoms with Crippen molar-refractivity contribution in [3.63, 3.8) is 0 Å². The van der Waals surface area contributed by atoms with E-state index in [1.54, 1.807) is 41.5 Å². The number of ether oxygens (including phenoxy) is 2. The Balaban J connectivity index is 4.79. The number of amides is 2. The van der Waals surface area contributed by atoms with Crippen LogP contribution in [0.3, 0.4) is 0 Å². The van der Waals surface area contributed by atoms with Gasteiger partial charge in [-0.2, -0.15) is 4.99 Å². The van der Waals surface area contributed by atoms with Gasteiger partial charge in [-0.05, 0) is 60.9 Å². The standard InChI is InChI=1S/C16H31N3O4/c1-15(2,3)22-13(20)18-12(10-8-7-9-11-17)19-14(21)23-16(4,5)6/h7-11,17H2,1-6H3,(H,18,19,20,21). The van der Waals surface area contributed by atoms with Crippen LogP contribution in [-0.4, -0.2) is 35.8 Å². The number of unbranched alkanes of at least 4 members (excludes halogenated alkanes) is 2. The van der Waals surface area contributed by atoms with Crippen molar-refractivity contribution in [3.8, 4) is 0 Å². The normalized spacial score (nSPS) is 12.7. The molecule has 0 fully saturated rings. The molecule has 0 unspecified atom stereocenters. The molecule has 0 radical (unpaired) electrons. The minimum Gasteiger partial charge on any atom is -0.444 e. The van der Waals surface area contributed by atoms with E-state index in [1.807, 2.05) is 0 Å². The van der Waals surface area contributed by atoms with Gasteiger partial charge in [-0.25, -0.2) is 9.59 Å². The molecule has 0 aliphatic heterocycles. The van der Waals surface area contributed by atoms with Gasteiger partial charge in [0.25, 0.3) is 0 Å². The maximum absolute atomic E-state index is 11.8. The highest BCUT2D eigenvalue weighted by atomic mass is 16.6. The van der Waals surface area contributed by atoms with Gasteiger partial charge in [-0.15, -0.1) is 0 Å². The summed E-state index contributed by atoms with van der Waals surface area (Å²) >= 11 is 0. The molecule has 7 nitrogen and oxygen atoms in total. The third kappa shape index (κ3) is 13.7. The number of hydrogen-bond donors (Lipinski definition) is 2. The Morgan fingerprint density at radius 3 is 2.00 bits per heavy atom. The van der Waals surface area contributed by atoms with Crippen molar-refractivity contribution in [3.05, 3.63) is 0 Å². The molecule has 0 saturated heterocycles. The zero-order valence-electron chi connectivity index (χ0n) is 15.2. The van der Waals surface area contributed by atoms with Gasteiger partial charge in [0.2, 0.25) is 0 Å². The summed E-state index contributed by atoms with van der Waals surface area (Å²) in [5.41, 5.74) is 4.19. The van der Waals surface area contributed by atoms with Crippen molar-refractivity contribution in [1.82, 2.24) is 5.32 Å². The summed E-state index contributed by atoms with van der Waals surface area (Å²) in [6, 6.07) is 0. The van der Waals surface area contributed by atoms with Crippen LogP contribution in [0.1, 0.15) is 67.2 Å². The summed E-state index contributed by atoms with van der Waals surface area (Å²) in [5, 5.41) is 2.52. The lowest BCUT2D eigenvalue weighted by Crippen LogP contribution is -2.37. The maximum Gasteiger partial charge on any atom is 0.435 e. The summed E-state index contributed by atoms with van der Waals surface area (Å²) < 4.78 is 10.3. The molecule has 0 aromatic heterocycles. The molecule has 0 aromatic rings. The molecule has 0 bridgehead atoms. The minimum absolute atomic E-state index is 0.241. The van der Waals surface area contributed by atoms with Crippen LogP contribution >= 0.6 is 0 Å². The van der Waals surface area contributed by atoms with E-state index in [-0.39, 0.29) is 5.84 Å². The van der Waals surface area contributed by atoms with Gasteiger partial charge in [0, 0.05) is 6.42 Å². The zero-order valence-corrected chi connectivity index (χ0v) is 15.2. The SMILES string of the molecule is CC(C)(C)OC(=O)N=C(CCCCCN)NC(=O)OC(C)(C)C. The van der Waals surface area contributed by atoms with Crippen LogP contribution < -0.4 is 11.1 Å². The fourth-order valence-corrected chi connectivity index (χ4v) is 1.58. The lowest BCUT2D eigenvalue weighted by atomic mass is 10.2. The van der Waals surface area contributed by atoms with Crippen LogP contribution in [0.4, 0.5) is 9.59 Å². The molecular formula is C16H31N3O4. The largest absolute Gasteiger partial charge is 0.444 e. The Morgan fingerprint density at radius 1 is 0.957 bits per heavy atom. The van der Waals surface area contributed by atoms with Crippen LogP contribution in [0.15, 0.2) is 4.99 Å². The van der Waals surface area contributed by atoms with Crippen LogP contribution in [0.5, 0.6) is 0 Å². The van der Waals surface area contributed by atoms with Gasteiger partial charge in [-0.1, -0.05) is 6.42 Å². The summed E-state index contributed by atoms with van der Waals surface area (Å²) in [6.07, 6.45) is 1.60. The van der Waals surface area contributed by atoms with E-state index in [2.05, 4.69) is 10.3 Å². The van der Waals surface area contributed by atoms with Crippen LogP contribution in [0.25, 0.3) is 0 Å². The molecule has 23 heavy (non-hydrogen) atoms. The van der Waals surface area contributed by atoms with E-state index in [1.165, 1.54) is 0 Å². The second-order valence-electron chi connectivity index (χ2n) is 7.27. The summed E-state index contributed by atoms with van der Waals surface area (Å²) in [6.45, 7) is 11.2. The van der Waals surface area contributed by atoms with Crippen molar-refractivity contribution in [2.75, 3.05) is 6.54 Å². The summed E-state index contributed by atoms with van der Waals surface area (Å²) in [5.74, 6) is 0.241. The van der Waals surface area contributed by atoms with Crippen molar-refractivity contribution in [1.29, 1.82) is 0 Å². The van der Waals surface area contributed by atoms with Crippen molar-refractivity contribution < 1.29 is 19.1 Å². The first-order chi connectivity index (χ1) is 10.4. The van der Waals surface area contributed by atoms with E-state index in [9.17, 15) is 9.59 Å². The number of hydrogen-bond acceptors (Lipinski definition) is 5. The van der Waals surface area contributed by atoms with Gasteiger partial charge in [0.05, 0.1) is 0 Å². The Hall–Kier alpha value is -1.63. The Bertz CT molecular complexity index is 420. The smallest absolute Gasteiger partial charge is 0.435 e. The predicted octanol–water partition coefficient (Wildman–Crippen LogP) is 3.36. The molecule has 134 valence electrons. The van der Waals surface area contributed by atoms with E-state index >= 15 is 0 Å². The highest BCUT2D eigenvalue weighted by Crippen LogP contribution is 2.10. The molecule has 3 N–H and O–H groups in total. The average Bonchev–Trinajstić information content (AvgIpc) is 2.29. The molecule has 2 amide bonds. The van der Waals surface area contributed by atoms with E-state index in [0.29, 0.717) is 13.0 Å². The molecule has 0 spiro atoms. The molecule has 0 aliphatic rings. The average molecular weight is 329 g/mol. The zero-order chi connectivity index (χ0) is 18.1. The van der Waals surface area contributed by atoms with Crippen LogP contribution in [0, 0.1) is 0 Å². The Labute approximate surface area is 139 Å². The number of carbonyl (C=O) groups excluding carboxylic acids is 2. The summed E-state index contributed by atoms with van der Waals surface area (Å²) in [7, 11) is 0. The van der Waals surface area contributed by atoms with Crippen LogP contribution in [-0.2, 0) is 9.47 Å². The first kappa shape index (κ1) is 21.4. The Kier molecular flexibility index (Phi) is 8.82. The lowest BCUT2D eigenvalue weighted by Gasteiger charge is -2.20. The highest BCUT2D eigenvalue weighted by molar-refractivity contribution is 6.00. The summed E-state index contributed by atoms with van der Waals surface area (Å²) in [4.78, 5) is 27.5. The van der Waals surface area contributed by atoms with E-state index < -0.39 is 23.4 Å². The third-order valence-electron chi connectivity index (χ3n) is 2.38. The molecule has 0 rings (SSSR count). The number of nitrogens with zero attached hydrogens (tertiary/aromatic N) is 1. The monoisotopic (exact) mass is 329 g/mol. The first-order valence-electron chi connectivity index (χ1n) is 7.93. The van der Waals surface area contributed by atoms with Gasteiger partial charge >= 0.3 is 12.2 Å². The minimum atomic E-state index is -0.734. The molecule has 0 aliphatic carbocycles. The number of amidine groups is 1. The number of nitrogens with one attached hydrogen (secondary N) is 1. The molecule has 0 aromatic carbocycles. The van der Waals surface area contributed by atoms with Gasteiger partial charge < -0.3 is 15.2 Å². The van der Waals surface area contributed by atoms with E-state index in [0.717, 1.165) is 19.3 Å². The second-order valence-corrected chi connectivity index (χ2v) is 7.27. The van der Waals surface area contributed by atoms with Crippen molar-refractivity contribution in [2.24, 2.45) is 10.7 Å². The fourth-order valence-electron chi connectivity index (χ4n) is 1.58. The Morgan fingerprint density at radius 2 is 1.52 bits per heavy atom. The number of aliphatic imine (C=N–C) groups is 1. The van der Waals surface area contributed by atoms with Crippen molar-refractivity contribution in [2.45, 2.75) is 78.4 Å². The second kappa shape index (κ2) is 9.50. The number of rotatable bonds is 5. The quantitative estimate of drug-likeness (QED) is 0.457. The number of carbonyl (C=O) groups is 2. The lowest BCUT2D eigenvalue weighted by molar-refractivity contribution is 0.0561. The number of nitrogens with two attached hydrogens (primary N) is 1.